The van der Waals surface area contributed by atoms with Crippen LogP contribution in [0.25, 0.3) is 0 Å². The molecule has 0 spiro atoms. The summed E-state index contributed by atoms with van der Waals surface area (Å²) in [4.78, 5) is 7.98. The van der Waals surface area contributed by atoms with Crippen molar-refractivity contribution in [3.63, 3.8) is 0 Å². The lowest BCUT2D eigenvalue weighted by atomic mass is 10.3. The lowest BCUT2D eigenvalue weighted by molar-refractivity contribution is 0.661. The van der Waals surface area contributed by atoms with Gasteiger partial charge in [-0.25, -0.2) is 4.98 Å². The topological polar surface area (TPSA) is 68.8 Å². The lowest BCUT2D eigenvalue weighted by Gasteiger charge is -2.10. The Morgan fingerprint density at radius 3 is 2.94 bits per heavy atom. The molecule has 0 aliphatic rings. The van der Waals surface area contributed by atoms with Gasteiger partial charge >= 0.3 is 0 Å². The molecule has 0 aliphatic carbocycles. The van der Waals surface area contributed by atoms with Crippen LogP contribution in [0.1, 0.15) is 6.42 Å². The number of imidazole rings is 1. The second-order valence-corrected chi connectivity index (χ2v) is 4.52. The average Bonchev–Trinajstić information content (AvgIpc) is 2.80. The highest BCUT2D eigenvalue weighted by Crippen LogP contribution is 2.26. The number of nitrogens with zero attached hydrogens (tertiary/aromatic N) is 3. The van der Waals surface area contributed by atoms with Crippen molar-refractivity contribution in [1.82, 2.24) is 14.5 Å². The van der Waals surface area contributed by atoms with Gasteiger partial charge in [-0.15, -0.1) is 0 Å². The van der Waals surface area contributed by atoms with Crippen molar-refractivity contribution in [2.24, 2.45) is 0 Å². The van der Waals surface area contributed by atoms with Crippen LogP contribution in [0.15, 0.2) is 35.6 Å². The van der Waals surface area contributed by atoms with Crippen molar-refractivity contribution in [2.45, 2.75) is 13.0 Å². The molecule has 0 saturated heterocycles. The van der Waals surface area contributed by atoms with Crippen molar-refractivity contribution in [3.8, 4) is 0 Å². The fourth-order valence-corrected chi connectivity index (χ4v) is 2.02. The number of rotatable bonds is 5. The van der Waals surface area contributed by atoms with Gasteiger partial charge in [-0.3, -0.25) is 4.98 Å². The molecule has 0 unspecified atom stereocenters. The Labute approximate surface area is 108 Å². The third-order valence-corrected chi connectivity index (χ3v) is 2.98. The van der Waals surface area contributed by atoms with Crippen LogP contribution in [0.3, 0.4) is 0 Å². The number of pyridine rings is 1. The molecule has 17 heavy (non-hydrogen) atoms. The molecule has 0 atom stereocenters. The van der Waals surface area contributed by atoms with Crippen LogP contribution >= 0.6 is 15.9 Å². The summed E-state index contributed by atoms with van der Waals surface area (Å²) in [7, 11) is 0. The van der Waals surface area contributed by atoms with Crippen molar-refractivity contribution < 1.29 is 0 Å². The smallest absolute Gasteiger partial charge is 0.0945 e. The van der Waals surface area contributed by atoms with E-state index in [1.165, 1.54) is 0 Å². The third kappa shape index (κ3) is 3.20. The van der Waals surface area contributed by atoms with Gasteiger partial charge in [0, 0.05) is 31.7 Å². The van der Waals surface area contributed by atoms with Crippen LogP contribution in [-0.4, -0.2) is 21.1 Å². The summed E-state index contributed by atoms with van der Waals surface area (Å²) in [6.07, 6.45) is 9.93. The first kappa shape index (κ1) is 11.9. The number of hydrogen-bond acceptors (Lipinski definition) is 4. The Morgan fingerprint density at radius 1 is 1.35 bits per heavy atom. The van der Waals surface area contributed by atoms with Gasteiger partial charge in [0.1, 0.15) is 0 Å². The summed E-state index contributed by atoms with van der Waals surface area (Å²) in [5.41, 5.74) is 7.39. The van der Waals surface area contributed by atoms with Crippen molar-refractivity contribution in [1.29, 1.82) is 0 Å². The number of nitrogens with one attached hydrogen (secondary N) is 1. The molecule has 2 aromatic rings. The van der Waals surface area contributed by atoms with Gasteiger partial charge in [0.15, 0.2) is 0 Å². The van der Waals surface area contributed by atoms with Gasteiger partial charge in [0.25, 0.3) is 0 Å². The molecule has 2 rings (SSSR count). The maximum absolute atomic E-state index is 5.83. The Balaban J connectivity index is 1.82. The van der Waals surface area contributed by atoms with E-state index in [1.54, 1.807) is 18.6 Å². The molecular weight excluding hydrogens is 282 g/mol. The maximum atomic E-state index is 5.83. The van der Waals surface area contributed by atoms with Crippen LogP contribution < -0.4 is 11.1 Å². The van der Waals surface area contributed by atoms with Crippen LogP contribution in [-0.2, 0) is 6.54 Å². The summed E-state index contributed by atoms with van der Waals surface area (Å²) in [6.45, 7) is 1.79. The SMILES string of the molecule is Nc1cncc(Br)c1NCCCn1ccnc1. The summed E-state index contributed by atoms with van der Waals surface area (Å²) >= 11 is 3.42. The second kappa shape index (κ2) is 5.67. The van der Waals surface area contributed by atoms with E-state index in [-0.39, 0.29) is 0 Å². The first-order chi connectivity index (χ1) is 8.27. The zero-order valence-electron chi connectivity index (χ0n) is 9.31. The number of halogens is 1. The van der Waals surface area contributed by atoms with Crippen LogP contribution in [0.5, 0.6) is 0 Å². The molecule has 0 saturated carbocycles. The van der Waals surface area contributed by atoms with E-state index in [0.717, 1.165) is 29.7 Å². The molecule has 0 bridgehead atoms. The predicted molar refractivity (Wildman–Crippen MR) is 71.7 cm³/mol. The lowest BCUT2D eigenvalue weighted by Crippen LogP contribution is -2.08. The average molecular weight is 296 g/mol. The molecule has 5 nitrogen and oxygen atoms in total. The van der Waals surface area contributed by atoms with E-state index in [9.17, 15) is 0 Å². The van der Waals surface area contributed by atoms with E-state index in [2.05, 4.69) is 31.2 Å². The Bertz CT molecular complexity index is 448. The minimum absolute atomic E-state index is 0.655. The van der Waals surface area contributed by atoms with Crippen LogP contribution in [0, 0.1) is 0 Å². The number of aromatic nitrogens is 3. The van der Waals surface area contributed by atoms with Crippen LogP contribution in [0.2, 0.25) is 0 Å². The van der Waals surface area contributed by atoms with Crippen molar-refractivity contribution in [3.05, 3.63) is 35.6 Å². The molecule has 0 fully saturated rings. The molecule has 0 aliphatic heterocycles. The largest absolute Gasteiger partial charge is 0.396 e. The molecule has 0 amide bonds. The maximum Gasteiger partial charge on any atom is 0.0945 e. The highest BCUT2D eigenvalue weighted by atomic mass is 79.9. The minimum atomic E-state index is 0.655. The minimum Gasteiger partial charge on any atom is -0.396 e. The standard InChI is InChI=1S/C11H14BrN5/c12-9-6-15-7-10(13)11(9)16-2-1-4-17-5-3-14-8-17/h3,5-8H,1-2,4,13H2,(H,15,16). The quantitative estimate of drug-likeness (QED) is 0.829. The summed E-state index contributed by atoms with van der Waals surface area (Å²) in [5, 5.41) is 3.30. The van der Waals surface area contributed by atoms with E-state index < -0.39 is 0 Å². The number of aryl methyl sites for hydroxylation is 1. The molecule has 6 heteroatoms. The molecule has 3 N–H and O–H groups in total. The molecule has 2 heterocycles. The van der Waals surface area contributed by atoms with E-state index in [4.69, 9.17) is 5.73 Å². The van der Waals surface area contributed by atoms with E-state index in [1.807, 2.05) is 17.1 Å². The molecule has 2 aromatic heterocycles. The number of hydrogen-bond donors (Lipinski definition) is 2. The Morgan fingerprint density at radius 2 is 2.24 bits per heavy atom. The molecule has 90 valence electrons. The fraction of sp³-hybridized carbons (Fsp3) is 0.273. The highest BCUT2D eigenvalue weighted by molar-refractivity contribution is 9.10. The molecule has 0 radical (unpaired) electrons. The van der Waals surface area contributed by atoms with E-state index in [0.29, 0.717) is 5.69 Å². The summed E-state index contributed by atoms with van der Waals surface area (Å²) in [6, 6.07) is 0. The third-order valence-electron chi connectivity index (χ3n) is 2.38. The first-order valence-corrected chi connectivity index (χ1v) is 6.15. The molecule has 0 aromatic carbocycles. The summed E-state index contributed by atoms with van der Waals surface area (Å²) in [5.74, 6) is 0. The number of anilines is 2. The van der Waals surface area contributed by atoms with Gasteiger partial charge in [0.05, 0.1) is 28.4 Å². The number of nitrogen functional groups attached to an aromatic ring is 1. The fourth-order valence-electron chi connectivity index (χ4n) is 1.53. The van der Waals surface area contributed by atoms with Gasteiger partial charge in [0.2, 0.25) is 0 Å². The van der Waals surface area contributed by atoms with Crippen molar-refractivity contribution in [2.75, 3.05) is 17.6 Å². The summed E-state index contributed by atoms with van der Waals surface area (Å²) < 4.78 is 2.94. The molecular formula is C11H14BrN5. The number of nitrogens with two attached hydrogens (primary N) is 1. The predicted octanol–water partition coefficient (Wildman–Crippen LogP) is 2.12. The normalized spacial score (nSPS) is 10.4. The van der Waals surface area contributed by atoms with Gasteiger partial charge in [-0.05, 0) is 22.4 Å². The zero-order chi connectivity index (χ0) is 12.1. The van der Waals surface area contributed by atoms with Crippen LogP contribution in [0.4, 0.5) is 11.4 Å². The van der Waals surface area contributed by atoms with E-state index >= 15 is 0 Å². The second-order valence-electron chi connectivity index (χ2n) is 3.67. The van der Waals surface area contributed by atoms with Gasteiger partial charge in [-0.1, -0.05) is 0 Å². The highest BCUT2D eigenvalue weighted by Gasteiger charge is 2.03. The Hall–Kier alpha value is -1.56. The monoisotopic (exact) mass is 295 g/mol. The van der Waals surface area contributed by atoms with Crippen molar-refractivity contribution >= 4 is 27.3 Å². The zero-order valence-corrected chi connectivity index (χ0v) is 10.9. The first-order valence-electron chi connectivity index (χ1n) is 5.36. The Kier molecular flexibility index (Phi) is 3.98. The van der Waals surface area contributed by atoms with Gasteiger partial charge < -0.3 is 15.6 Å². The van der Waals surface area contributed by atoms with Gasteiger partial charge in [-0.2, -0.15) is 0 Å².